The number of hydrogen-bond acceptors (Lipinski definition) is 0. The molecule has 0 spiro atoms. The van der Waals surface area contributed by atoms with Crippen LogP contribution in [0.2, 0.25) is 0 Å². The van der Waals surface area contributed by atoms with Crippen molar-refractivity contribution in [2.45, 2.75) is 19.8 Å². The lowest BCUT2D eigenvalue weighted by Crippen LogP contribution is -1.98. The van der Waals surface area contributed by atoms with Gasteiger partial charge in [-0.05, 0) is 53.3 Å². The van der Waals surface area contributed by atoms with Crippen molar-refractivity contribution in [1.29, 1.82) is 0 Å². The highest BCUT2D eigenvalue weighted by molar-refractivity contribution is 5.90. The van der Waals surface area contributed by atoms with Crippen LogP contribution in [0.5, 0.6) is 0 Å². The number of fused-ring (bicyclic) bond motifs is 1. The standard InChI is InChI=1S/C21H13F7/c1-2-3-10-4-15(23)19(16(24)5-10)11-6-12-7-14(22)13(9-18(26)27)21(28)20(12)17(25)8-11/h4-9H,2-3H2,1H3. The molecule has 0 unspecified atom stereocenters. The maximum absolute atomic E-state index is 14.5. The zero-order chi connectivity index (χ0) is 20.6. The highest BCUT2D eigenvalue weighted by atomic mass is 19.3. The average molecular weight is 398 g/mol. The molecule has 0 atom stereocenters. The fraction of sp³-hybridized carbons (Fsp3) is 0.143. The molecule has 3 aromatic rings. The van der Waals surface area contributed by atoms with E-state index in [4.69, 9.17) is 0 Å². The summed E-state index contributed by atoms with van der Waals surface area (Å²) in [7, 11) is 0. The largest absolute Gasteiger partial charge is 0.271 e. The summed E-state index contributed by atoms with van der Waals surface area (Å²) < 4.78 is 96.5. The van der Waals surface area contributed by atoms with Crippen LogP contribution in [0.25, 0.3) is 28.0 Å². The Morgan fingerprint density at radius 1 is 0.821 bits per heavy atom. The van der Waals surface area contributed by atoms with Gasteiger partial charge in [-0.25, -0.2) is 22.0 Å². The van der Waals surface area contributed by atoms with Gasteiger partial charge >= 0.3 is 0 Å². The third kappa shape index (κ3) is 3.61. The van der Waals surface area contributed by atoms with Crippen LogP contribution >= 0.6 is 0 Å². The fourth-order valence-electron chi connectivity index (χ4n) is 3.15. The van der Waals surface area contributed by atoms with E-state index in [-0.39, 0.29) is 17.0 Å². The average Bonchev–Trinajstić information content (AvgIpc) is 2.57. The van der Waals surface area contributed by atoms with E-state index >= 15 is 0 Å². The van der Waals surface area contributed by atoms with Gasteiger partial charge < -0.3 is 0 Å². The lowest BCUT2D eigenvalue weighted by atomic mass is 9.96. The van der Waals surface area contributed by atoms with Crippen molar-refractivity contribution in [2.75, 3.05) is 0 Å². The molecule has 0 saturated carbocycles. The first-order valence-electron chi connectivity index (χ1n) is 8.35. The van der Waals surface area contributed by atoms with E-state index in [2.05, 4.69) is 0 Å². The molecule has 7 heteroatoms. The van der Waals surface area contributed by atoms with Gasteiger partial charge in [-0.2, -0.15) is 8.78 Å². The van der Waals surface area contributed by atoms with Crippen molar-refractivity contribution in [3.8, 4) is 11.1 Å². The molecule has 0 bridgehead atoms. The summed E-state index contributed by atoms with van der Waals surface area (Å²) in [5, 5.41) is -1.10. The molecule has 0 aliphatic carbocycles. The maximum Gasteiger partial charge on any atom is 0.271 e. The molecule has 0 N–H and O–H groups in total. The summed E-state index contributed by atoms with van der Waals surface area (Å²) in [6.45, 7) is 1.84. The van der Waals surface area contributed by atoms with E-state index in [0.717, 1.165) is 18.2 Å². The first-order valence-corrected chi connectivity index (χ1v) is 8.35. The molecule has 0 aromatic heterocycles. The summed E-state index contributed by atoms with van der Waals surface area (Å²) in [5.41, 5.74) is -1.48. The topological polar surface area (TPSA) is 0 Å². The molecule has 3 aromatic carbocycles. The van der Waals surface area contributed by atoms with Gasteiger partial charge in [-0.15, -0.1) is 0 Å². The second-order valence-corrected chi connectivity index (χ2v) is 6.26. The minimum atomic E-state index is -2.36. The number of aryl methyl sites for hydroxylation is 1. The Bertz CT molecular complexity index is 1070. The summed E-state index contributed by atoms with van der Waals surface area (Å²) in [5.74, 6) is -6.01. The Kier molecular flexibility index (Phi) is 5.45. The van der Waals surface area contributed by atoms with Gasteiger partial charge in [0.15, 0.2) is 0 Å². The van der Waals surface area contributed by atoms with Crippen molar-refractivity contribution in [2.24, 2.45) is 0 Å². The molecule has 0 aliphatic heterocycles. The SMILES string of the molecule is CCCc1cc(F)c(-c2cc(F)c3c(F)c(C=C(F)F)c(F)cc3c2)c(F)c1. The van der Waals surface area contributed by atoms with Crippen molar-refractivity contribution in [3.63, 3.8) is 0 Å². The molecular formula is C21H13F7. The monoisotopic (exact) mass is 398 g/mol. The molecule has 0 fully saturated rings. The normalized spacial score (nSPS) is 11.1. The van der Waals surface area contributed by atoms with Crippen LogP contribution in [-0.2, 0) is 6.42 Å². The molecule has 28 heavy (non-hydrogen) atoms. The van der Waals surface area contributed by atoms with Gasteiger partial charge in [0.1, 0.15) is 29.1 Å². The van der Waals surface area contributed by atoms with Gasteiger partial charge in [-0.3, -0.25) is 0 Å². The van der Waals surface area contributed by atoms with E-state index in [0.29, 0.717) is 30.5 Å². The Morgan fingerprint density at radius 3 is 2.04 bits per heavy atom. The highest BCUT2D eigenvalue weighted by Crippen LogP contribution is 2.34. The van der Waals surface area contributed by atoms with E-state index < -0.39 is 51.7 Å². The number of hydrogen-bond donors (Lipinski definition) is 0. The molecule has 0 amide bonds. The van der Waals surface area contributed by atoms with Crippen LogP contribution in [0.3, 0.4) is 0 Å². The Morgan fingerprint density at radius 2 is 1.46 bits per heavy atom. The molecule has 3 rings (SSSR count). The third-order valence-corrected chi connectivity index (χ3v) is 4.30. The summed E-state index contributed by atoms with van der Waals surface area (Å²) in [6.07, 6.45) is -1.30. The third-order valence-electron chi connectivity index (χ3n) is 4.30. The first-order chi connectivity index (χ1) is 13.2. The molecule has 0 aliphatic rings. The molecular weight excluding hydrogens is 385 g/mol. The summed E-state index contributed by atoms with van der Waals surface area (Å²) in [6, 6.07) is 4.56. The molecule has 0 saturated heterocycles. The second kappa shape index (κ2) is 7.66. The maximum atomic E-state index is 14.5. The van der Waals surface area contributed by atoms with Crippen LogP contribution in [-0.4, -0.2) is 0 Å². The van der Waals surface area contributed by atoms with E-state index in [1.54, 1.807) is 0 Å². The Hall–Kier alpha value is -2.83. The van der Waals surface area contributed by atoms with E-state index in [9.17, 15) is 30.7 Å². The Balaban J connectivity index is 2.25. The zero-order valence-corrected chi connectivity index (χ0v) is 14.5. The van der Waals surface area contributed by atoms with Crippen LogP contribution < -0.4 is 0 Å². The first kappa shape index (κ1) is 19.9. The second-order valence-electron chi connectivity index (χ2n) is 6.26. The number of halogens is 7. The molecule has 146 valence electrons. The van der Waals surface area contributed by atoms with Crippen molar-refractivity contribution in [3.05, 3.63) is 76.6 Å². The van der Waals surface area contributed by atoms with Crippen LogP contribution in [0.15, 0.2) is 36.4 Å². The minimum Gasteiger partial charge on any atom is -0.206 e. The van der Waals surface area contributed by atoms with Crippen LogP contribution in [0.4, 0.5) is 30.7 Å². The minimum absolute atomic E-state index is 0.0523. The van der Waals surface area contributed by atoms with Crippen LogP contribution in [0.1, 0.15) is 24.5 Å². The lowest BCUT2D eigenvalue weighted by Gasteiger charge is -2.12. The smallest absolute Gasteiger partial charge is 0.206 e. The van der Waals surface area contributed by atoms with Gasteiger partial charge in [-0.1, -0.05) is 13.3 Å². The van der Waals surface area contributed by atoms with Gasteiger partial charge in [0, 0.05) is 6.08 Å². The molecule has 0 nitrogen and oxygen atoms in total. The van der Waals surface area contributed by atoms with E-state index in [1.165, 1.54) is 0 Å². The zero-order valence-electron chi connectivity index (χ0n) is 14.5. The highest BCUT2D eigenvalue weighted by Gasteiger charge is 2.20. The quantitative estimate of drug-likeness (QED) is 0.402. The summed E-state index contributed by atoms with van der Waals surface area (Å²) >= 11 is 0. The fourth-order valence-corrected chi connectivity index (χ4v) is 3.15. The Labute approximate surface area is 155 Å². The predicted octanol–water partition coefficient (Wildman–Crippen LogP) is 7.39. The van der Waals surface area contributed by atoms with Crippen molar-refractivity contribution < 1.29 is 30.7 Å². The van der Waals surface area contributed by atoms with Crippen molar-refractivity contribution >= 4 is 16.8 Å². The van der Waals surface area contributed by atoms with Gasteiger partial charge in [0.05, 0.1) is 16.5 Å². The predicted molar refractivity (Wildman–Crippen MR) is 93.4 cm³/mol. The number of rotatable bonds is 4. The van der Waals surface area contributed by atoms with E-state index in [1.807, 2.05) is 6.92 Å². The molecule has 0 radical (unpaired) electrons. The molecule has 0 heterocycles. The summed E-state index contributed by atoms with van der Waals surface area (Å²) in [4.78, 5) is 0. The van der Waals surface area contributed by atoms with Gasteiger partial charge in [0.25, 0.3) is 6.08 Å². The van der Waals surface area contributed by atoms with Crippen molar-refractivity contribution in [1.82, 2.24) is 0 Å². The number of benzene rings is 3. The van der Waals surface area contributed by atoms with Crippen LogP contribution in [0, 0.1) is 29.1 Å². The van der Waals surface area contributed by atoms with Gasteiger partial charge in [0.2, 0.25) is 0 Å². The lowest BCUT2D eigenvalue weighted by molar-refractivity contribution is 0.428.